The molecule has 14 heavy (non-hydrogen) atoms. The fourth-order valence-electron chi connectivity index (χ4n) is 0.926. The summed E-state index contributed by atoms with van der Waals surface area (Å²) in [5.74, 6) is 0.234. The highest BCUT2D eigenvalue weighted by molar-refractivity contribution is 9.10. The summed E-state index contributed by atoms with van der Waals surface area (Å²) in [7, 11) is 0. The van der Waals surface area contributed by atoms with Crippen LogP contribution in [-0.2, 0) is 0 Å². The number of nitro groups is 1. The van der Waals surface area contributed by atoms with Gasteiger partial charge < -0.3 is 4.74 Å². The van der Waals surface area contributed by atoms with Gasteiger partial charge in [-0.2, -0.15) is 0 Å². The predicted molar refractivity (Wildman–Crippen MR) is 56.5 cm³/mol. The highest BCUT2D eigenvalue weighted by atomic mass is 79.9. The Labute approximate surface area is 89.5 Å². The molecule has 0 aromatic heterocycles. The van der Waals surface area contributed by atoms with Gasteiger partial charge in [-0.05, 0) is 22.0 Å². The predicted octanol–water partition coefficient (Wildman–Crippen LogP) is 2.92. The average Bonchev–Trinajstić information content (AvgIpc) is 2.15. The molecule has 4 nitrogen and oxygen atoms in total. The van der Waals surface area contributed by atoms with E-state index in [0.717, 1.165) is 0 Å². The van der Waals surface area contributed by atoms with Crippen LogP contribution in [0.2, 0.25) is 0 Å². The third kappa shape index (κ3) is 2.32. The van der Waals surface area contributed by atoms with Crippen LogP contribution in [0.4, 0.5) is 5.69 Å². The first-order valence-corrected chi connectivity index (χ1v) is 4.62. The molecule has 0 spiro atoms. The van der Waals surface area contributed by atoms with Gasteiger partial charge in [-0.25, -0.2) is 0 Å². The van der Waals surface area contributed by atoms with Gasteiger partial charge in [0.05, 0.1) is 9.40 Å². The Balaban J connectivity index is 3.08. The lowest BCUT2D eigenvalue weighted by Crippen LogP contribution is -1.98. The first-order valence-electron chi connectivity index (χ1n) is 3.83. The lowest BCUT2D eigenvalue weighted by Gasteiger charge is -2.05. The van der Waals surface area contributed by atoms with Crippen molar-refractivity contribution in [3.8, 4) is 5.75 Å². The van der Waals surface area contributed by atoms with Gasteiger partial charge in [0.2, 0.25) is 5.75 Å². The summed E-state index contributed by atoms with van der Waals surface area (Å²) in [5.41, 5.74) is -0.0544. The van der Waals surface area contributed by atoms with Crippen molar-refractivity contribution in [2.75, 3.05) is 6.61 Å². The zero-order valence-corrected chi connectivity index (χ0v) is 8.86. The van der Waals surface area contributed by atoms with Gasteiger partial charge in [-0.15, -0.1) is 0 Å². The second-order valence-corrected chi connectivity index (χ2v) is 3.30. The number of ether oxygens (including phenoxy) is 1. The second kappa shape index (κ2) is 4.76. The highest BCUT2D eigenvalue weighted by Crippen LogP contribution is 2.34. The Hall–Kier alpha value is -1.36. The molecule has 0 saturated carbocycles. The number of benzene rings is 1. The van der Waals surface area contributed by atoms with Crippen molar-refractivity contribution in [2.45, 2.75) is 0 Å². The van der Waals surface area contributed by atoms with Crippen molar-refractivity contribution in [1.82, 2.24) is 0 Å². The van der Waals surface area contributed by atoms with Crippen LogP contribution in [0, 0.1) is 10.1 Å². The summed E-state index contributed by atoms with van der Waals surface area (Å²) in [6, 6.07) is 4.66. The lowest BCUT2D eigenvalue weighted by atomic mass is 10.3. The Morgan fingerprint density at radius 1 is 1.64 bits per heavy atom. The number of nitro benzene ring substituents is 1. The summed E-state index contributed by atoms with van der Waals surface area (Å²) in [6.07, 6.45) is 1.53. The third-order valence-corrected chi connectivity index (χ3v) is 2.11. The van der Waals surface area contributed by atoms with Gasteiger partial charge in [0.1, 0.15) is 6.61 Å². The molecule has 1 aromatic carbocycles. The van der Waals surface area contributed by atoms with Crippen molar-refractivity contribution in [2.24, 2.45) is 0 Å². The second-order valence-electron chi connectivity index (χ2n) is 2.44. The van der Waals surface area contributed by atoms with E-state index in [1.807, 2.05) is 0 Å². The molecule has 0 radical (unpaired) electrons. The first kappa shape index (κ1) is 10.7. The summed E-state index contributed by atoms with van der Waals surface area (Å²) >= 11 is 3.18. The van der Waals surface area contributed by atoms with Gasteiger partial charge in [-0.1, -0.05) is 18.7 Å². The van der Waals surface area contributed by atoms with E-state index in [1.54, 1.807) is 12.1 Å². The minimum absolute atomic E-state index is 0.0544. The summed E-state index contributed by atoms with van der Waals surface area (Å²) in [6.45, 7) is 3.71. The van der Waals surface area contributed by atoms with Crippen LogP contribution < -0.4 is 4.74 Å². The molecule has 0 aliphatic carbocycles. The third-order valence-electron chi connectivity index (χ3n) is 1.49. The first-order chi connectivity index (χ1) is 6.66. The Bertz CT molecular complexity index is 365. The summed E-state index contributed by atoms with van der Waals surface area (Å²) in [5, 5.41) is 10.6. The van der Waals surface area contributed by atoms with Crippen LogP contribution in [0.25, 0.3) is 0 Å². The Morgan fingerprint density at radius 2 is 2.36 bits per heavy atom. The molecule has 1 rings (SSSR count). The molecule has 0 saturated heterocycles. The maximum absolute atomic E-state index is 10.6. The molecule has 0 aliphatic heterocycles. The van der Waals surface area contributed by atoms with Gasteiger partial charge in [0, 0.05) is 6.07 Å². The monoisotopic (exact) mass is 257 g/mol. The van der Waals surface area contributed by atoms with Gasteiger partial charge in [-0.3, -0.25) is 10.1 Å². The van der Waals surface area contributed by atoms with Crippen molar-refractivity contribution < 1.29 is 9.66 Å². The molecular formula is C9H8BrNO3. The van der Waals surface area contributed by atoms with E-state index < -0.39 is 4.92 Å². The molecule has 0 bridgehead atoms. The molecule has 0 aliphatic rings. The number of halogens is 1. The molecule has 0 N–H and O–H groups in total. The van der Waals surface area contributed by atoms with Crippen LogP contribution in [-0.4, -0.2) is 11.5 Å². The minimum atomic E-state index is -0.483. The molecule has 0 atom stereocenters. The van der Waals surface area contributed by atoms with Gasteiger partial charge >= 0.3 is 5.69 Å². The Morgan fingerprint density at radius 3 is 2.93 bits per heavy atom. The van der Waals surface area contributed by atoms with Crippen molar-refractivity contribution in [1.29, 1.82) is 0 Å². The molecule has 1 aromatic rings. The van der Waals surface area contributed by atoms with Crippen molar-refractivity contribution in [3.63, 3.8) is 0 Å². The number of hydrogen-bond acceptors (Lipinski definition) is 3. The fraction of sp³-hybridized carbons (Fsp3) is 0.111. The number of para-hydroxylation sites is 1. The van der Waals surface area contributed by atoms with E-state index in [9.17, 15) is 10.1 Å². The fourth-order valence-corrected chi connectivity index (χ4v) is 1.40. The van der Waals surface area contributed by atoms with E-state index in [0.29, 0.717) is 4.47 Å². The molecule has 0 amide bonds. The van der Waals surface area contributed by atoms with E-state index >= 15 is 0 Å². The number of hydrogen-bond donors (Lipinski definition) is 0. The smallest absolute Gasteiger partial charge is 0.312 e. The lowest BCUT2D eigenvalue weighted by molar-refractivity contribution is -0.385. The molecule has 0 fully saturated rings. The maximum atomic E-state index is 10.6. The quantitative estimate of drug-likeness (QED) is 0.474. The van der Waals surface area contributed by atoms with Crippen LogP contribution in [0.5, 0.6) is 5.75 Å². The highest BCUT2D eigenvalue weighted by Gasteiger charge is 2.16. The zero-order chi connectivity index (χ0) is 10.6. The van der Waals surface area contributed by atoms with Gasteiger partial charge in [0.15, 0.2) is 0 Å². The largest absolute Gasteiger partial charge is 0.482 e. The van der Waals surface area contributed by atoms with Crippen molar-refractivity contribution >= 4 is 21.6 Å². The number of rotatable bonds is 4. The average molecular weight is 258 g/mol. The van der Waals surface area contributed by atoms with Crippen LogP contribution in [0.3, 0.4) is 0 Å². The molecule has 5 heteroatoms. The number of nitrogens with zero attached hydrogens (tertiary/aromatic N) is 1. The minimum Gasteiger partial charge on any atom is -0.482 e. The maximum Gasteiger partial charge on any atom is 0.312 e. The molecular weight excluding hydrogens is 250 g/mol. The normalized spacial score (nSPS) is 9.50. The van der Waals surface area contributed by atoms with Crippen LogP contribution >= 0.6 is 15.9 Å². The van der Waals surface area contributed by atoms with Gasteiger partial charge in [0.25, 0.3) is 0 Å². The van der Waals surface area contributed by atoms with E-state index in [2.05, 4.69) is 22.5 Å². The zero-order valence-electron chi connectivity index (χ0n) is 7.27. The van der Waals surface area contributed by atoms with E-state index in [-0.39, 0.29) is 18.0 Å². The molecule has 0 heterocycles. The van der Waals surface area contributed by atoms with Crippen LogP contribution in [0.15, 0.2) is 35.3 Å². The Kier molecular flexibility index (Phi) is 3.64. The standard InChI is InChI=1S/C9H8BrNO3/c1-2-6-14-9-7(10)4-3-5-8(9)11(12)13/h2-5H,1,6H2. The molecule has 0 unspecified atom stereocenters. The molecule has 74 valence electrons. The van der Waals surface area contributed by atoms with Crippen molar-refractivity contribution in [3.05, 3.63) is 45.4 Å². The van der Waals surface area contributed by atoms with E-state index in [1.165, 1.54) is 12.1 Å². The van der Waals surface area contributed by atoms with E-state index in [4.69, 9.17) is 4.74 Å². The topological polar surface area (TPSA) is 52.4 Å². The summed E-state index contributed by atoms with van der Waals surface area (Å²) < 4.78 is 5.74. The summed E-state index contributed by atoms with van der Waals surface area (Å²) in [4.78, 5) is 10.1. The SMILES string of the molecule is C=CCOc1c(Br)cccc1[N+](=O)[O-]. The van der Waals surface area contributed by atoms with Crippen LogP contribution in [0.1, 0.15) is 0 Å².